The third-order valence-electron chi connectivity index (χ3n) is 11.4. The monoisotopic (exact) mass is 746 g/mol. The second-order valence-electron chi connectivity index (χ2n) is 14.6. The van der Waals surface area contributed by atoms with Gasteiger partial charge in [-0.15, -0.1) is 11.8 Å². The highest BCUT2D eigenvalue weighted by atomic mass is 32.2. The molecule has 1 aromatic heterocycles. The van der Waals surface area contributed by atoms with E-state index in [-0.39, 0.29) is 5.25 Å². The molecule has 8 aromatic carbocycles. The SMILES string of the molecule is C1=Cc2cccc3c2C2Sc4c(cc5ccccc5c4[N+](c4nc(-c5ccccc5)nc(-c5cccc6ccccc56)n4)=C12)N(c1ccccc1)c1ccccc1-3. The van der Waals surface area contributed by atoms with E-state index in [4.69, 9.17) is 15.0 Å². The fourth-order valence-electron chi connectivity index (χ4n) is 8.84. The summed E-state index contributed by atoms with van der Waals surface area (Å²) in [6.45, 7) is 0. The first-order valence-corrected chi connectivity index (χ1v) is 20.1. The van der Waals surface area contributed by atoms with Crippen LogP contribution in [0.4, 0.5) is 28.7 Å². The topological polar surface area (TPSA) is 44.9 Å². The van der Waals surface area contributed by atoms with Gasteiger partial charge in [0, 0.05) is 27.8 Å². The highest BCUT2D eigenvalue weighted by Gasteiger charge is 2.42. The Bertz CT molecular complexity index is 3170. The van der Waals surface area contributed by atoms with Crippen LogP contribution in [0.25, 0.3) is 61.5 Å². The summed E-state index contributed by atoms with van der Waals surface area (Å²) in [5, 5.41) is 4.47. The molecule has 0 saturated heterocycles. The van der Waals surface area contributed by atoms with Crippen molar-refractivity contribution >= 4 is 73.8 Å². The van der Waals surface area contributed by atoms with Crippen LogP contribution in [0.3, 0.4) is 0 Å². The van der Waals surface area contributed by atoms with E-state index in [0.29, 0.717) is 17.6 Å². The van der Waals surface area contributed by atoms with Gasteiger partial charge in [-0.05, 0) is 91.4 Å². The van der Waals surface area contributed by atoms with Gasteiger partial charge in [-0.25, -0.2) is 0 Å². The molecule has 0 fully saturated rings. The van der Waals surface area contributed by atoms with Gasteiger partial charge in [0.25, 0.3) is 0 Å². The van der Waals surface area contributed by atoms with Gasteiger partial charge in [-0.2, -0.15) is 9.56 Å². The van der Waals surface area contributed by atoms with E-state index in [1.165, 1.54) is 27.1 Å². The summed E-state index contributed by atoms with van der Waals surface area (Å²) in [5.74, 6) is 1.85. The Labute approximate surface area is 334 Å². The second-order valence-corrected chi connectivity index (χ2v) is 15.7. The van der Waals surface area contributed by atoms with Gasteiger partial charge in [0.2, 0.25) is 11.6 Å². The standard InChI is InChI=1S/C51H32N5S/c1-3-16-34(17-4-1)49-52-50(41-27-13-19-32-15-7-9-23-37(32)41)54-51(53-49)56-43-30-29-33-20-14-26-40-39-25-11-12-28-42(39)55(36-21-5-2-6-22-36)44-31-35-18-8-10-24-38(35)46(56)48(44)57-47(43)45(33)40/h1-31,47H/q+1. The van der Waals surface area contributed by atoms with Crippen LogP contribution in [0.2, 0.25) is 0 Å². The van der Waals surface area contributed by atoms with Gasteiger partial charge in [0.1, 0.15) is 11.4 Å². The summed E-state index contributed by atoms with van der Waals surface area (Å²) in [6, 6.07) is 62.5. The molecule has 6 bridgehead atoms. The molecule has 266 valence electrons. The van der Waals surface area contributed by atoms with Crippen LogP contribution >= 0.6 is 11.8 Å². The number of anilines is 3. The first kappa shape index (κ1) is 32.1. The lowest BCUT2D eigenvalue weighted by molar-refractivity contribution is 0.902. The van der Waals surface area contributed by atoms with E-state index in [0.717, 1.165) is 61.1 Å². The van der Waals surface area contributed by atoms with Gasteiger partial charge in [-0.1, -0.05) is 140 Å². The number of thioether (sulfide) groups is 1. The van der Waals surface area contributed by atoms with Crippen molar-refractivity contribution < 1.29 is 0 Å². The number of para-hydroxylation sites is 2. The van der Waals surface area contributed by atoms with Crippen LogP contribution in [0.1, 0.15) is 16.4 Å². The Morgan fingerprint density at radius 3 is 2.05 bits per heavy atom. The number of benzene rings is 8. The van der Waals surface area contributed by atoms with E-state index in [1.54, 1.807) is 0 Å². The maximum absolute atomic E-state index is 5.49. The highest BCUT2D eigenvalue weighted by molar-refractivity contribution is 8.00. The number of hydrogen-bond donors (Lipinski definition) is 0. The minimum absolute atomic E-state index is 0.0460. The Balaban J connectivity index is 1.25. The van der Waals surface area contributed by atoms with E-state index in [1.807, 2.05) is 30.0 Å². The van der Waals surface area contributed by atoms with Gasteiger partial charge in [-0.3, -0.25) is 0 Å². The van der Waals surface area contributed by atoms with Crippen molar-refractivity contribution in [3.05, 3.63) is 193 Å². The van der Waals surface area contributed by atoms with Gasteiger partial charge < -0.3 is 4.90 Å². The molecule has 3 heterocycles. The molecular formula is C51H32N5S+. The van der Waals surface area contributed by atoms with E-state index in [9.17, 15) is 0 Å². The van der Waals surface area contributed by atoms with Crippen LogP contribution < -0.4 is 9.48 Å². The lowest BCUT2D eigenvalue weighted by atomic mass is 9.87. The average molecular weight is 747 g/mol. The number of allylic oxidation sites excluding steroid dienone is 1. The van der Waals surface area contributed by atoms with Gasteiger partial charge in [0.05, 0.1) is 21.5 Å². The van der Waals surface area contributed by atoms with Crippen molar-refractivity contribution in [1.29, 1.82) is 0 Å². The largest absolute Gasteiger partial charge is 0.442 e. The van der Waals surface area contributed by atoms with E-state index in [2.05, 4.69) is 179 Å². The van der Waals surface area contributed by atoms with Crippen molar-refractivity contribution in [2.75, 3.05) is 4.90 Å². The molecular weight excluding hydrogens is 715 g/mol. The summed E-state index contributed by atoms with van der Waals surface area (Å²) in [5.41, 5.74) is 12.4. The van der Waals surface area contributed by atoms with Crippen molar-refractivity contribution in [3.8, 4) is 33.9 Å². The lowest BCUT2D eigenvalue weighted by Gasteiger charge is -2.33. The molecule has 12 rings (SSSR count). The van der Waals surface area contributed by atoms with Gasteiger partial charge in [0.15, 0.2) is 0 Å². The van der Waals surface area contributed by atoms with Crippen molar-refractivity contribution in [2.24, 2.45) is 0 Å². The Kier molecular flexibility index (Phi) is 7.16. The van der Waals surface area contributed by atoms with Crippen LogP contribution in [-0.2, 0) is 0 Å². The smallest absolute Gasteiger partial charge is 0.309 e. The molecule has 0 saturated carbocycles. The molecule has 6 heteroatoms. The summed E-state index contributed by atoms with van der Waals surface area (Å²) in [6.07, 6.45) is 4.56. The quantitative estimate of drug-likeness (QED) is 0.168. The van der Waals surface area contributed by atoms with E-state index < -0.39 is 0 Å². The predicted octanol–water partition coefficient (Wildman–Crippen LogP) is 13.1. The zero-order valence-electron chi connectivity index (χ0n) is 30.6. The molecule has 1 atom stereocenters. The minimum Gasteiger partial charge on any atom is -0.309 e. The fourth-order valence-corrected chi connectivity index (χ4v) is 10.3. The first-order valence-electron chi connectivity index (χ1n) is 19.2. The predicted molar refractivity (Wildman–Crippen MR) is 236 cm³/mol. The maximum Gasteiger partial charge on any atom is 0.442 e. The van der Waals surface area contributed by atoms with Crippen molar-refractivity contribution in [2.45, 2.75) is 10.1 Å². The number of hydrogen-bond acceptors (Lipinski definition) is 5. The maximum atomic E-state index is 5.49. The zero-order valence-corrected chi connectivity index (χ0v) is 31.4. The Morgan fingerprint density at radius 2 is 1.18 bits per heavy atom. The van der Waals surface area contributed by atoms with E-state index >= 15 is 0 Å². The first-order chi connectivity index (χ1) is 28.3. The van der Waals surface area contributed by atoms with Crippen LogP contribution in [-0.4, -0.2) is 20.7 Å². The minimum atomic E-state index is -0.0460. The fraction of sp³-hybridized carbons (Fsp3) is 0.0196. The Morgan fingerprint density at radius 1 is 0.509 bits per heavy atom. The molecule has 9 aromatic rings. The third kappa shape index (κ3) is 4.97. The number of fused-ring (bicyclic) bond motifs is 4. The van der Waals surface area contributed by atoms with Crippen LogP contribution in [0, 0.1) is 0 Å². The average Bonchev–Trinajstić information content (AvgIpc) is 3.33. The summed E-state index contributed by atoms with van der Waals surface area (Å²) in [7, 11) is 0. The van der Waals surface area contributed by atoms with Crippen molar-refractivity contribution in [3.63, 3.8) is 0 Å². The lowest BCUT2D eigenvalue weighted by Crippen LogP contribution is -2.29. The molecule has 3 aliphatic rings. The number of nitrogens with zero attached hydrogens (tertiary/aromatic N) is 5. The highest BCUT2D eigenvalue weighted by Crippen LogP contribution is 2.59. The number of aromatic nitrogens is 3. The second kappa shape index (κ2) is 12.7. The molecule has 0 spiro atoms. The normalized spacial score (nSPS) is 14.9. The van der Waals surface area contributed by atoms with Crippen LogP contribution in [0.15, 0.2) is 187 Å². The number of rotatable bonds is 4. The summed E-state index contributed by atoms with van der Waals surface area (Å²) in [4.78, 5) is 19.8. The van der Waals surface area contributed by atoms with Gasteiger partial charge >= 0.3 is 5.95 Å². The molecule has 1 unspecified atom stereocenters. The molecule has 2 aliphatic heterocycles. The third-order valence-corrected chi connectivity index (χ3v) is 12.7. The van der Waals surface area contributed by atoms with Crippen LogP contribution in [0.5, 0.6) is 0 Å². The zero-order chi connectivity index (χ0) is 37.5. The molecule has 5 nitrogen and oxygen atoms in total. The summed E-state index contributed by atoms with van der Waals surface area (Å²) < 4.78 is 2.35. The molecule has 0 amide bonds. The molecule has 57 heavy (non-hydrogen) atoms. The Hall–Kier alpha value is -7.15. The molecule has 1 aliphatic carbocycles. The van der Waals surface area contributed by atoms with Crippen molar-refractivity contribution in [1.82, 2.24) is 19.5 Å². The molecule has 0 N–H and O–H groups in total. The summed E-state index contributed by atoms with van der Waals surface area (Å²) >= 11 is 1.93. The molecule has 0 radical (unpaired) electrons.